The van der Waals surface area contributed by atoms with E-state index in [0.29, 0.717) is 12.1 Å². The van der Waals surface area contributed by atoms with Gasteiger partial charge in [-0.3, -0.25) is 4.79 Å². The number of pyridine rings is 1. The van der Waals surface area contributed by atoms with Crippen LogP contribution in [0.25, 0.3) is 11.5 Å². The second kappa shape index (κ2) is 7.26. The minimum Gasteiger partial charge on any atom is -0.415 e. The molecule has 0 saturated heterocycles. The maximum atomic E-state index is 12.4. The van der Waals surface area contributed by atoms with Crippen molar-refractivity contribution in [3.63, 3.8) is 0 Å². The molecule has 0 amide bonds. The number of hydrogen-bond donors (Lipinski definition) is 0. The van der Waals surface area contributed by atoms with Crippen molar-refractivity contribution in [1.82, 2.24) is 19.7 Å². The summed E-state index contributed by atoms with van der Waals surface area (Å²) >= 11 is 0. The molecular weight excluding hydrogens is 294 g/mol. The third-order valence-electron chi connectivity index (χ3n) is 3.42. The van der Waals surface area contributed by atoms with Gasteiger partial charge in [0, 0.05) is 30.9 Å². The molecular formula is C14H18F2N4O2. The Balaban J connectivity index is 2.13. The third-order valence-corrected chi connectivity index (χ3v) is 3.42. The van der Waals surface area contributed by atoms with Crippen LogP contribution >= 0.6 is 0 Å². The standard InChI is InChI=1S/C14H18F2N4O2/c1-3-19(4-2)7-8-20-6-5-10(9-11(20)21)13-17-18-14(22-13)12(15)16/h5-6,9,12H,3-4,7-8H2,1-2H3. The molecule has 0 aliphatic carbocycles. The summed E-state index contributed by atoms with van der Waals surface area (Å²) in [4.78, 5) is 14.3. The Labute approximate surface area is 126 Å². The van der Waals surface area contributed by atoms with Crippen molar-refractivity contribution < 1.29 is 13.2 Å². The Bertz CT molecular complexity index is 665. The average Bonchev–Trinajstić information content (AvgIpc) is 2.99. The first-order valence-corrected chi connectivity index (χ1v) is 7.09. The highest BCUT2D eigenvalue weighted by Crippen LogP contribution is 2.21. The first-order chi connectivity index (χ1) is 10.5. The molecule has 0 N–H and O–H groups in total. The summed E-state index contributed by atoms with van der Waals surface area (Å²) in [6, 6.07) is 2.91. The van der Waals surface area contributed by atoms with Gasteiger partial charge in [0.15, 0.2) is 0 Å². The fourth-order valence-corrected chi connectivity index (χ4v) is 2.05. The van der Waals surface area contributed by atoms with E-state index in [2.05, 4.69) is 28.9 Å². The maximum absolute atomic E-state index is 12.4. The number of likely N-dealkylation sites (N-methyl/N-ethyl adjacent to an activating group) is 1. The monoisotopic (exact) mass is 312 g/mol. The van der Waals surface area contributed by atoms with E-state index in [1.165, 1.54) is 6.07 Å². The van der Waals surface area contributed by atoms with Gasteiger partial charge in [0.25, 0.3) is 11.4 Å². The molecule has 0 unspecified atom stereocenters. The van der Waals surface area contributed by atoms with Crippen LogP contribution in [-0.4, -0.2) is 39.3 Å². The van der Waals surface area contributed by atoms with Gasteiger partial charge >= 0.3 is 6.43 Å². The largest absolute Gasteiger partial charge is 0.415 e. The van der Waals surface area contributed by atoms with Crippen LogP contribution in [0.5, 0.6) is 0 Å². The maximum Gasteiger partial charge on any atom is 0.314 e. The van der Waals surface area contributed by atoms with E-state index in [4.69, 9.17) is 4.42 Å². The lowest BCUT2D eigenvalue weighted by molar-refractivity contribution is 0.116. The third kappa shape index (κ3) is 3.76. The van der Waals surface area contributed by atoms with Gasteiger partial charge in [-0.25, -0.2) is 0 Å². The van der Waals surface area contributed by atoms with E-state index >= 15 is 0 Å². The van der Waals surface area contributed by atoms with Crippen molar-refractivity contribution in [2.45, 2.75) is 26.8 Å². The average molecular weight is 312 g/mol. The molecule has 0 fully saturated rings. The smallest absolute Gasteiger partial charge is 0.314 e. The quantitative estimate of drug-likeness (QED) is 0.784. The van der Waals surface area contributed by atoms with Gasteiger partial charge in [0.05, 0.1) is 0 Å². The number of aromatic nitrogens is 3. The minimum absolute atomic E-state index is 0.0803. The SMILES string of the molecule is CCN(CC)CCn1ccc(-c2nnc(C(F)F)o2)cc1=O. The molecule has 0 aliphatic heterocycles. The molecule has 0 spiro atoms. The first-order valence-electron chi connectivity index (χ1n) is 7.09. The summed E-state index contributed by atoms with van der Waals surface area (Å²) in [6.07, 6.45) is -1.22. The van der Waals surface area contributed by atoms with Crippen LogP contribution in [0, 0.1) is 0 Å². The van der Waals surface area contributed by atoms with Crippen LogP contribution in [0.15, 0.2) is 27.5 Å². The minimum atomic E-state index is -2.82. The molecule has 8 heteroatoms. The normalized spacial score (nSPS) is 11.5. The Hall–Kier alpha value is -2.09. The number of halogens is 2. The number of nitrogens with zero attached hydrogens (tertiary/aromatic N) is 4. The van der Waals surface area contributed by atoms with E-state index in [1.54, 1.807) is 16.8 Å². The van der Waals surface area contributed by atoms with Gasteiger partial charge in [-0.1, -0.05) is 13.8 Å². The molecule has 2 aromatic rings. The summed E-state index contributed by atoms with van der Waals surface area (Å²) in [5.41, 5.74) is 0.102. The molecule has 0 saturated carbocycles. The molecule has 2 heterocycles. The summed E-state index contributed by atoms with van der Waals surface area (Å²) in [7, 11) is 0. The lowest BCUT2D eigenvalue weighted by Crippen LogP contribution is -2.30. The fraction of sp³-hybridized carbons (Fsp3) is 0.500. The lowest BCUT2D eigenvalue weighted by atomic mass is 10.2. The number of rotatable bonds is 7. The highest BCUT2D eigenvalue weighted by molar-refractivity contribution is 5.50. The second-order valence-electron chi connectivity index (χ2n) is 4.72. The molecule has 2 aromatic heterocycles. The molecule has 22 heavy (non-hydrogen) atoms. The molecule has 0 aromatic carbocycles. The highest BCUT2D eigenvalue weighted by atomic mass is 19.3. The topological polar surface area (TPSA) is 64.2 Å². The summed E-state index contributed by atoms with van der Waals surface area (Å²) in [6.45, 7) is 7.29. The van der Waals surface area contributed by atoms with Gasteiger partial charge in [0.1, 0.15) is 0 Å². The van der Waals surface area contributed by atoms with Gasteiger partial charge in [0.2, 0.25) is 5.89 Å². The summed E-state index contributed by atoms with van der Waals surface area (Å²) < 4.78 is 31.2. The van der Waals surface area contributed by atoms with Crippen molar-refractivity contribution in [2.24, 2.45) is 0 Å². The van der Waals surface area contributed by atoms with E-state index in [-0.39, 0.29) is 11.4 Å². The zero-order valence-electron chi connectivity index (χ0n) is 12.5. The predicted molar refractivity (Wildman–Crippen MR) is 76.7 cm³/mol. The van der Waals surface area contributed by atoms with Crippen molar-refractivity contribution >= 4 is 0 Å². The molecule has 0 aliphatic rings. The van der Waals surface area contributed by atoms with Gasteiger partial charge in [-0.2, -0.15) is 8.78 Å². The van der Waals surface area contributed by atoms with Crippen LogP contribution in [0.4, 0.5) is 8.78 Å². The zero-order valence-corrected chi connectivity index (χ0v) is 12.5. The van der Waals surface area contributed by atoms with Crippen LogP contribution in [0.3, 0.4) is 0 Å². The highest BCUT2D eigenvalue weighted by Gasteiger charge is 2.17. The fourth-order valence-electron chi connectivity index (χ4n) is 2.05. The van der Waals surface area contributed by atoms with Crippen molar-refractivity contribution in [3.05, 3.63) is 34.6 Å². The Morgan fingerprint density at radius 3 is 2.59 bits per heavy atom. The summed E-state index contributed by atoms with van der Waals surface area (Å²) in [5.74, 6) is -0.830. The molecule has 120 valence electrons. The lowest BCUT2D eigenvalue weighted by Gasteiger charge is -2.18. The van der Waals surface area contributed by atoms with Crippen LogP contribution in [0.1, 0.15) is 26.2 Å². The van der Waals surface area contributed by atoms with Crippen molar-refractivity contribution in [3.8, 4) is 11.5 Å². The molecule has 6 nitrogen and oxygen atoms in total. The number of alkyl halides is 2. The Morgan fingerprint density at radius 2 is 2.05 bits per heavy atom. The molecule has 0 bridgehead atoms. The number of hydrogen-bond acceptors (Lipinski definition) is 5. The second-order valence-corrected chi connectivity index (χ2v) is 4.72. The molecule has 0 radical (unpaired) electrons. The van der Waals surface area contributed by atoms with Gasteiger partial charge < -0.3 is 13.9 Å². The molecule has 2 rings (SSSR count). The Kier molecular flexibility index (Phi) is 5.37. The first kappa shape index (κ1) is 16.3. The van der Waals surface area contributed by atoms with E-state index < -0.39 is 12.3 Å². The van der Waals surface area contributed by atoms with E-state index in [1.807, 2.05) is 0 Å². The van der Waals surface area contributed by atoms with Crippen LogP contribution < -0.4 is 5.56 Å². The zero-order chi connectivity index (χ0) is 16.1. The molecule has 0 atom stereocenters. The van der Waals surface area contributed by atoms with Crippen LogP contribution in [-0.2, 0) is 6.54 Å². The van der Waals surface area contributed by atoms with Crippen molar-refractivity contribution in [2.75, 3.05) is 19.6 Å². The van der Waals surface area contributed by atoms with E-state index in [9.17, 15) is 13.6 Å². The van der Waals surface area contributed by atoms with E-state index in [0.717, 1.165) is 19.6 Å². The predicted octanol–water partition coefficient (Wildman–Crippen LogP) is 2.18. The van der Waals surface area contributed by atoms with Crippen molar-refractivity contribution in [1.29, 1.82) is 0 Å². The Morgan fingerprint density at radius 1 is 1.32 bits per heavy atom. The summed E-state index contributed by atoms with van der Waals surface area (Å²) in [5, 5.41) is 6.77. The van der Waals surface area contributed by atoms with Gasteiger partial charge in [-0.15, -0.1) is 10.2 Å². The van der Waals surface area contributed by atoms with Gasteiger partial charge in [-0.05, 0) is 19.2 Å². The van der Waals surface area contributed by atoms with Crippen LogP contribution in [0.2, 0.25) is 0 Å².